The van der Waals surface area contributed by atoms with Crippen LogP contribution in [-0.2, 0) is 0 Å². The Labute approximate surface area is 174 Å². The number of thiocarbonyl (C=S) groups is 1. The Morgan fingerprint density at radius 1 is 1.04 bits per heavy atom. The number of nitrogens with zero attached hydrogens (tertiary/aromatic N) is 1. The number of rotatable bonds is 2. The summed E-state index contributed by atoms with van der Waals surface area (Å²) in [6, 6.07) is 15.7. The molecule has 0 spiro atoms. The van der Waals surface area contributed by atoms with Crippen LogP contribution in [0.4, 0.5) is 0 Å². The van der Waals surface area contributed by atoms with E-state index in [0.717, 1.165) is 45.5 Å². The summed E-state index contributed by atoms with van der Waals surface area (Å²) in [5.41, 5.74) is 5.48. The fraction of sp³-hybridized carbons (Fsp3) is 0.190. The van der Waals surface area contributed by atoms with E-state index in [1.165, 1.54) is 5.57 Å². The minimum absolute atomic E-state index is 0.0557. The van der Waals surface area contributed by atoms with Crippen LogP contribution in [0.15, 0.2) is 65.4 Å². The quantitative estimate of drug-likeness (QED) is 0.689. The van der Waals surface area contributed by atoms with E-state index in [2.05, 4.69) is 28.7 Å². The third-order valence-electron chi connectivity index (χ3n) is 4.84. The SMILES string of the molecule is CN1CC2=C(NC(=S)N[C@@H]2c2ccccc2Cl)/C(=C/c2ccccc2Cl)C1. The summed E-state index contributed by atoms with van der Waals surface area (Å²) in [6.45, 7) is 1.64. The molecule has 4 rings (SSSR count). The van der Waals surface area contributed by atoms with Crippen LogP contribution in [0.25, 0.3) is 6.08 Å². The van der Waals surface area contributed by atoms with Crippen LogP contribution in [0.5, 0.6) is 0 Å². The maximum absolute atomic E-state index is 6.49. The predicted octanol–water partition coefficient (Wildman–Crippen LogP) is 4.80. The largest absolute Gasteiger partial charge is 0.352 e. The van der Waals surface area contributed by atoms with Crippen LogP contribution in [-0.4, -0.2) is 30.1 Å². The fourth-order valence-corrected chi connectivity index (χ4v) is 4.29. The van der Waals surface area contributed by atoms with Gasteiger partial charge in [-0.25, -0.2) is 0 Å². The molecule has 0 fully saturated rings. The van der Waals surface area contributed by atoms with E-state index in [1.807, 2.05) is 48.5 Å². The van der Waals surface area contributed by atoms with Gasteiger partial charge in [-0.1, -0.05) is 59.6 Å². The predicted molar refractivity (Wildman–Crippen MR) is 117 cm³/mol. The van der Waals surface area contributed by atoms with Crippen LogP contribution in [0.3, 0.4) is 0 Å². The molecule has 0 radical (unpaired) electrons. The lowest BCUT2D eigenvalue weighted by Crippen LogP contribution is -2.49. The minimum atomic E-state index is -0.0557. The van der Waals surface area contributed by atoms with Gasteiger partial charge in [-0.15, -0.1) is 0 Å². The zero-order chi connectivity index (χ0) is 19.0. The van der Waals surface area contributed by atoms with Crippen molar-refractivity contribution in [1.29, 1.82) is 0 Å². The first kappa shape index (κ1) is 18.5. The van der Waals surface area contributed by atoms with Gasteiger partial charge in [-0.05, 0) is 59.7 Å². The lowest BCUT2D eigenvalue weighted by molar-refractivity contribution is 0.364. The Morgan fingerprint density at radius 2 is 1.74 bits per heavy atom. The van der Waals surface area contributed by atoms with Crippen molar-refractivity contribution in [3.63, 3.8) is 0 Å². The smallest absolute Gasteiger partial charge is 0.171 e. The van der Waals surface area contributed by atoms with E-state index in [0.29, 0.717) is 5.11 Å². The number of benzene rings is 2. The van der Waals surface area contributed by atoms with Gasteiger partial charge in [0, 0.05) is 28.8 Å². The summed E-state index contributed by atoms with van der Waals surface area (Å²) in [5.74, 6) is 0. The molecule has 0 saturated carbocycles. The molecule has 3 nitrogen and oxygen atoms in total. The topological polar surface area (TPSA) is 27.3 Å². The molecule has 2 N–H and O–H groups in total. The average Bonchev–Trinajstić information content (AvgIpc) is 2.64. The molecular formula is C21H19Cl2N3S. The van der Waals surface area contributed by atoms with E-state index < -0.39 is 0 Å². The number of nitrogens with one attached hydrogen (secondary N) is 2. The van der Waals surface area contributed by atoms with Crippen LogP contribution >= 0.6 is 35.4 Å². The highest BCUT2D eigenvalue weighted by Gasteiger charge is 2.33. The van der Waals surface area contributed by atoms with Crippen molar-refractivity contribution in [2.45, 2.75) is 6.04 Å². The first-order valence-corrected chi connectivity index (χ1v) is 9.88. The molecular weight excluding hydrogens is 397 g/mol. The summed E-state index contributed by atoms with van der Waals surface area (Å²) < 4.78 is 0. The number of hydrogen-bond donors (Lipinski definition) is 2. The Kier molecular flexibility index (Phi) is 5.24. The highest BCUT2D eigenvalue weighted by atomic mass is 35.5. The van der Waals surface area contributed by atoms with E-state index in [-0.39, 0.29) is 6.04 Å². The molecule has 0 aromatic heterocycles. The van der Waals surface area contributed by atoms with Crippen LogP contribution in [0.2, 0.25) is 10.0 Å². The molecule has 2 aliphatic heterocycles. The zero-order valence-electron chi connectivity index (χ0n) is 14.8. The molecule has 27 heavy (non-hydrogen) atoms. The molecule has 2 heterocycles. The van der Waals surface area contributed by atoms with Gasteiger partial charge in [0.05, 0.1) is 6.04 Å². The molecule has 1 atom stereocenters. The van der Waals surface area contributed by atoms with Crippen LogP contribution < -0.4 is 10.6 Å². The van der Waals surface area contributed by atoms with Gasteiger partial charge < -0.3 is 10.6 Å². The fourth-order valence-electron chi connectivity index (χ4n) is 3.64. The van der Waals surface area contributed by atoms with Crippen molar-refractivity contribution in [2.24, 2.45) is 0 Å². The van der Waals surface area contributed by atoms with Crippen molar-refractivity contribution in [2.75, 3.05) is 20.1 Å². The van der Waals surface area contributed by atoms with Crippen molar-refractivity contribution >= 4 is 46.6 Å². The van der Waals surface area contributed by atoms with Gasteiger partial charge in [0.1, 0.15) is 0 Å². The summed E-state index contributed by atoms with van der Waals surface area (Å²) in [4.78, 5) is 2.28. The monoisotopic (exact) mass is 415 g/mol. The second-order valence-corrected chi connectivity index (χ2v) is 8.04. The second kappa shape index (κ2) is 7.64. The summed E-state index contributed by atoms with van der Waals surface area (Å²) in [6.07, 6.45) is 2.14. The summed E-state index contributed by atoms with van der Waals surface area (Å²) in [5, 5.41) is 8.83. The van der Waals surface area contributed by atoms with Crippen molar-refractivity contribution in [3.8, 4) is 0 Å². The minimum Gasteiger partial charge on any atom is -0.352 e. The van der Waals surface area contributed by atoms with Gasteiger partial charge >= 0.3 is 0 Å². The molecule has 0 bridgehead atoms. The molecule has 2 aliphatic rings. The van der Waals surface area contributed by atoms with E-state index in [1.54, 1.807) is 0 Å². The third kappa shape index (κ3) is 3.76. The van der Waals surface area contributed by atoms with Gasteiger partial charge in [0.25, 0.3) is 0 Å². The Balaban J connectivity index is 1.84. The summed E-state index contributed by atoms with van der Waals surface area (Å²) >= 11 is 18.4. The zero-order valence-corrected chi connectivity index (χ0v) is 17.1. The number of likely N-dealkylation sites (N-methyl/N-ethyl adjacent to an activating group) is 1. The Bertz CT molecular complexity index is 967. The normalized spacial score (nSPS) is 21.7. The second-order valence-electron chi connectivity index (χ2n) is 6.82. The van der Waals surface area contributed by atoms with Crippen molar-refractivity contribution < 1.29 is 0 Å². The third-order valence-corrected chi connectivity index (χ3v) is 5.74. The van der Waals surface area contributed by atoms with Gasteiger partial charge in [-0.3, -0.25) is 4.90 Å². The van der Waals surface area contributed by atoms with E-state index in [9.17, 15) is 0 Å². The molecule has 0 amide bonds. The molecule has 0 saturated heterocycles. The Morgan fingerprint density at radius 3 is 2.48 bits per heavy atom. The van der Waals surface area contributed by atoms with Crippen molar-refractivity contribution in [3.05, 3.63) is 86.5 Å². The highest BCUT2D eigenvalue weighted by Crippen LogP contribution is 2.36. The average molecular weight is 416 g/mol. The molecule has 0 aliphatic carbocycles. The maximum atomic E-state index is 6.49. The van der Waals surface area contributed by atoms with Crippen LogP contribution in [0.1, 0.15) is 17.2 Å². The first-order valence-electron chi connectivity index (χ1n) is 8.72. The lowest BCUT2D eigenvalue weighted by atomic mass is 9.89. The van der Waals surface area contributed by atoms with Crippen LogP contribution in [0, 0.1) is 0 Å². The van der Waals surface area contributed by atoms with Crippen molar-refractivity contribution in [1.82, 2.24) is 15.5 Å². The number of halogens is 2. The summed E-state index contributed by atoms with van der Waals surface area (Å²) in [7, 11) is 2.11. The molecule has 6 heteroatoms. The highest BCUT2D eigenvalue weighted by molar-refractivity contribution is 7.80. The van der Waals surface area contributed by atoms with Gasteiger partial charge in [-0.2, -0.15) is 0 Å². The van der Waals surface area contributed by atoms with Gasteiger partial charge in [0.15, 0.2) is 5.11 Å². The lowest BCUT2D eigenvalue weighted by Gasteiger charge is -2.39. The molecule has 0 unspecified atom stereocenters. The standard InChI is InChI=1S/C21H19Cl2N3S/c1-26-11-14(10-13-6-2-4-8-17(13)22)19-16(12-26)20(25-21(27)24-19)15-7-3-5-9-18(15)23/h2-10,20H,11-12H2,1H3,(H2,24,25,27)/b14-10+/t20-/m1/s1. The first-order chi connectivity index (χ1) is 13.0. The van der Waals surface area contributed by atoms with E-state index >= 15 is 0 Å². The number of hydrogen-bond acceptors (Lipinski definition) is 2. The maximum Gasteiger partial charge on any atom is 0.171 e. The van der Waals surface area contributed by atoms with Gasteiger partial charge in [0.2, 0.25) is 0 Å². The molecule has 2 aromatic carbocycles. The van der Waals surface area contributed by atoms with E-state index in [4.69, 9.17) is 35.4 Å². The molecule has 138 valence electrons. The molecule has 2 aromatic rings. The Hall–Kier alpha value is -1.85.